The summed E-state index contributed by atoms with van der Waals surface area (Å²) in [5.41, 5.74) is 0. The molecule has 0 aromatic rings. The zero-order valence-electron chi connectivity index (χ0n) is 2.72. The van der Waals surface area contributed by atoms with Gasteiger partial charge < -0.3 is 55.8 Å². The third kappa shape index (κ3) is 79.3. The first-order valence-electron chi connectivity index (χ1n) is 0. The van der Waals surface area contributed by atoms with E-state index in [1.54, 1.807) is 0 Å². The van der Waals surface area contributed by atoms with E-state index in [9.17, 15) is 0 Å². The molecule has 0 aromatic carbocycles. The average molecular weight is 223 g/mol. The topological polar surface area (TPSA) is 35.0 Å². The standard InChI is InChI=1S/CH4.4ClH.H3N.Ti/h1H4;4*1H;1H3;/q;;;;;;+4/p-4. The summed E-state index contributed by atoms with van der Waals surface area (Å²) in [5, 5.41) is 0. The summed E-state index contributed by atoms with van der Waals surface area (Å²) in [4.78, 5) is 0. The van der Waals surface area contributed by atoms with Crippen molar-refractivity contribution in [2.45, 2.75) is 7.43 Å². The Morgan fingerprint density at radius 3 is 0.571 bits per heavy atom. The molecule has 0 aliphatic heterocycles. The largest absolute Gasteiger partial charge is 4.00 e. The minimum absolute atomic E-state index is 0. The van der Waals surface area contributed by atoms with Crippen LogP contribution in [0, 0.1) is 0 Å². The third-order valence-corrected chi connectivity index (χ3v) is 0. The van der Waals surface area contributed by atoms with Gasteiger partial charge in [-0.3, -0.25) is 0 Å². The average Bonchev–Trinajstić information content (AvgIpc) is 0. The van der Waals surface area contributed by atoms with Crippen LogP contribution in [0.2, 0.25) is 0 Å². The summed E-state index contributed by atoms with van der Waals surface area (Å²) in [6.45, 7) is 0. The van der Waals surface area contributed by atoms with Crippen LogP contribution in [0.3, 0.4) is 0 Å². The van der Waals surface area contributed by atoms with E-state index in [2.05, 4.69) is 0 Å². The van der Waals surface area contributed by atoms with Crippen molar-refractivity contribution in [3.63, 3.8) is 0 Å². The second-order valence-corrected chi connectivity index (χ2v) is 0. The molecule has 1 nitrogen and oxygen atoms in total. The minimum atomic E-state index is 0. The van der Waals surface area contributed by atoms with Crippen LogP contribution in [-0.4, -0.2) is 0 Å². The molecule has 0 heterocycles. The molecule has 0 amide bonds. The van der Waals surface area contributed by atoms with Crippen molar-refractivity contribution < 1.29 is 71.3 Å². The number of rotatable bonds is 0. The van der Waals surface area contributed by atoms with Gasteiger partial charge in [-0.1, -0.05) is 7.43 Å². The normalized spacial score (nSPS) is 0. The van der Waals surface area contributed by atoms with Crippen molar-refractivity contribution >= 4 is 0 Å². The quantitative estimate of drug-likeness (QED) is 0.406. The Bertz CT molecular complexity index is 11.7. The molecule has 3 N–H and O–H groups in total. The Labute approximate surface area is 84.5 Å². The van der Waals surface area contributed by atoms with Crippen LogP contribution in [0.25, 0.3) is 0 Å². The second-order valence-electron chi connectivity index (χ2n) is 0. The van der Waals surface area contributed by atoms with Gasteiger partial charge in [0.2, 0.25) is 0 Å². The molecule has 0 aromatic heterocycles. The van der Waals surface area contributed by atoms with E-state index in [0.717, 1.165) is 0 Å². The van der Waals surface area contributed by atoms with Crippen molar-refractivity contribution in [2.75, 3.05) is 0 Å². The summed E-state index contributed by atoms with van der Waals surface area (Å²) < 4.78 is 0. The molecule has 0 saturated heterocycles. The van der Waals surface area contributed by atoms with Crippen LogP contribution in [0.5, 0.6) is 0 Å². The smallest absolute Gasteiger partial charge is 1.00 e. The number of hydrogen-bond donors (Lipinski definition) is 1. The maximum absolute atomic E-state index is 0. The van der Waals surface area contributed by atoms with E-state index in [0.29, 0.717) is 0 Å². The summed E-state index contributed by atoms with van der Waals surface area (Å²) in [5.74, 6) is 0. The van der Waals surface area contributed by atoms with Crippen molar-refractivity contribution in [3.05, 3.63) is 0 Å². The summed E-state index contributed by atoms with van der Waals surface area (Å²) in [6, 6.07) is 0. The predicted molar refractivity (Wildman–Crippen MR) is 11.8 cm³/mol. The maximum Gasteiger partial charge on any atom is 4.00 e. The predicted octanol–water partition coefficient (Wildman–Crippen LogP) is -11.2. The molecule has 0 bridgehead atoms. The Kier molecular flexibility index (Phi) is 2500. The molecule has 7 heavy (non-hydrogen) atoms. The molecule has 0 radical (unpaired) electrons. The van der Waals surface area contributed by atoms with Crippen LogP contribution in [0.15, 0.2) is 0 Å². The molecular weight excluding hydrogens is 216 g/mol. The van der Waals surface area contributed by atoms with E-state index < -0.39 is 0 Å². The van der Waals surface area contributed by atoms with Gasteiger partial charge in [-0.15, -0.1) is 0 Å². The Morgan fingerprint density at radius 2 is 0.571 bits per heavy atom. The molecule has 0 aliphatic carbocycles. The van der Waals surface area contributed by atoms with E-state index in [1.165, 1.54) is 0 Å². The van der Waals surface area contributed by atoms with Crippen molar-refractivity contribution in [1.29, 1.82) is 0 Å². The molecule has 0 spiro atoms. The fourth-order valence-electron chi connectivity index (χ4n) is 0. The zero-order valence-corrected chi connectivity index (χ0v) is 7.30. The Hall–Kier alpha value is 1.83. The molecule has 0 rings (SSSR count). The Balaban J connectivity index is 0. The van der Waals surface area contributed by atoms with E-state index in [-0.39, 0.29) is 84.9 Å². The number of hydrogen-bond acceptors (Lipinski definition) is 1. The van der Waals surface area contributed by atoms with Crippen LogP contribution < -0.4 is 55.8 Å². The van der Waals surface area contributed by atoms with Gasteiger partial charge in [0.25, 0.3) is 0 Å². The van der Waals surface area contributed by atoms with E-state index in [1.807, 2.05) is 0 Å². The number of halogens is 4. The van der Waals surface area contributed by atoms with Crippen LogP contribution in [0.4, 0.5) is 0 Å². The van der Waals surface area contributed by atoms with Gasteiger partial charge in [0.1, 0.15) is 0 Å². The fraction of sp³-hybridized carbons (Fsp3) is 1.00. The minimum Gasteiger partial charge on any atom is -1.00 e. The Morgan fingerprint density at radius 1 is 0.571 bits per heavy atom. The summed E-state index contributed by atoms with van der Waals surface area (Å²) in [6.07, 6.45) is 0. The van der Waals surface area contributed by atoms with Crippen molar-refractivity contribution in [2.24, 2.45) is 0 Å². The van der Waals surface area contributed by atoms with Gasteiger partial charge in [0, 0.05) is 0 Å². The first-order valence-corrected chi connectivity index (χ1v) is 0. The first-order chi connectivity index (χ1) is 0. The molecule has 0 unspecified atom stereocenters. The van der Waals surface area contributed by atoms with E-state index >= 15 is 0 Å². The zero-order chi connectivity index (χ0) is 0. The molecule has 0 aliphatic rings. The van der Waals surface area contributed by atoms with Crippen LogP contribution >= 0.6 is 0 Å². The molecule has 0 fully saturated rings. The van der Waals surface area contributed by atoms with Gasteiger partial charge in [-0.05, 0) is 0 Å². The molecule has 0 saturated carbocycles. The van der Waals surface area contributed by atoms with Gasteiger partial charge in [-0.2, -0.15) is 0 Å². The molecule has 0 atom stereocenters. The molecular formula is CH7Cl4NTi. The van der Waals surface area contributed by atoms with Gasteiger partial charge in [0.05, 0.1) is 0 Å². The van der Waals surface area contributed by atoms with Crippen molar-refractivity contribution in [1.82, 2.24) is 6.15 Å². The van der Waals surface area contributed by atoms with Crippen molar-refractivity contribution in [3.8, 4) is 0 Å². The second kappa shape index (κ2) is 109. The molecule has 6 heteroatoms. The van der Waals surface area contributed by atoms with Gasteiger partial charge in [-0.25, -0.2) is 0 Å². The van der Waals surface area contributed by atoms with Crippen LogP contribution in [-0.2, 0) is 21.7 Å². The monoisotopic (exact) mass is 221 g/mol. The fourth-order valence-corrected chi connectivity index (χ4v) is 0. The maximum atomic E-state index is 0. The first kappa shape index (κ1) is 161. The SMILES string of the molecule is C.N.[Cl-].[Cl-].[Cl-].[Cl-].[Ti+4]. The third-order valence-electron chi connectivity index (χ3n) is 0. The van der Waals surface area contributed by atoms with Gasteiger partial charge >= 0.3 is 21.7 Å². The van der Waals surface area contributed by atoms with E-state index in [4.69, 9.17) is 0 Å². The summed E-state index contributed by atoms with van der Waals surface area (Å²) in [7, 11) is 0. The summed E-state index contributed by atoms with van der Waals surface area (Å²) >= 11 is 0. The molecule has 48 valence electrons. The van der Waals surface area contributed by atoms with Gasteiger partial charge in [0.15, 0.2) is 0 Å². The van der Waals surface area contributed by atoms with Crippen LogP contribution in [0.1, 0.15) is 7.43 Å².